The van der Waals surface area contributed by atoms with Gasteiger partial charge in [0, 0.05) is 34.7 Å². The van der Waals surface area contributed by atoms with Gasteiger partial charge in [-0.3, -0.25) is 9.59 Å². The Hall–Kier alpha value is -2.24. The van der Waals surface area contributed by atoms with E-state index in [1.54, 1.807) is 22.7 Å². The van der Waals surface area contributed by atoms with Crippen LogP contribution >= 0.6 is 22.7 Å². The van der Waals surface area contributed by atoms with E-state index < -0.39 is 0 Å². The zero-order chi connectivity index (χ0) is 19.8. The summed E-state index contributed by atoms with van der Waals surface area (Å²) >= 11 is 3.47. The van der Waals surface area contributed by atoms with Crippen LogP contribution < -0.4 is 0 Å². The van der Waals surface area contributed by atoms with Crippen molar-refractivity contribution < 1.29 is 9.59 Å². The quantitative estimate of drug-likeness (QED) is 0.515. The minimum Gasteiger partial charge on any atom is -0.330 e. The number of hydrogen-bond acceptors (Lipinski definition) is 4. The first-order valence-electron chi connectivity index (χ1n) is 10.2. The van der Waals surface area contributed by atoms with Gasteiger partial charge in [-0.05, 0) is 71.3 Å². The van der Waals surface area contributed by atoms with Gasteiger partial charge in [0.15, 0.2) is 5.78 Å². The van der Waals surface area contributed by atoms with Gasteiger partial charge in [-0.1, -0.05) is 18.2 Å². The Labute approximate surface area is 179 Å². The molecule has 0 fully saturated rings. The van der Waals surface area contributed by atoms with Gasteiger partial charge in [0.05, 0.1) is 6.04 Å². The molecule has 148 valence electrons. The topological polar surface area (TPSA) is 37.4 Å². The third-order valence-corrected chi connectivity index (χ3v) is 8.01. The fourth-order valence-corrected chi connectivity index (χ4v) is 6.35. The van der Waals surface area contributed by atoms with Crippen LogP contribution in [0.5, 0.6) is 0 Å². The van der Waals surface area contributed by atoms with Crippen LogP contribution in [0.1, 0.15) is 62.1 Å². The minimum atomic E-state index is -0.00686. The fourth-order valence-electron chi connectivity index (χ4n) is 4.59. The van der Waals surface area contributed by atoms with Crippen LogP contribution in [-0.2, 0) is 24.1 Å². The Kier molecular flexibility index (Phi) is 5.10. The summed E-state index contributed by atoms with van der Waals surface area (Å²) in [6.07, 6.45) is 4.81. The maximum atomic E-state index is 13.1. The lowest BCUT2D eigenvalue weighted by Crippen LogP contribution is -2.39. The van der Waals surface area contributed by atoms with Crippen LogP contribution in [0.2, 0.25) is 0 Å². The summed E-state index contributed by atoms with van der Waals surface area (Å²) in [5.41, 5.74) is 4.69. The molecule has 0 N–H and O–H groups in total. The zero-order valence-electron chi connectivity index (χ0n) is 16.2. The van der Waals surface area contributed by atoms with Gasteiger partial charge in [-0.15, -0.1) is 22.7 Å². The molecule has 2 aromatic heterocycles. The maximum absolute atomic E-state index is 13.1. The van der Waals surface area contributed by atoms with Crippen molar-refractivity contribution in [3.05, 3.63) is 79.2 Å². The van der Waals surface area contributed by atoms with Crippen molar-refractivity contribution in [3.8, 4) is 0 Å². The lowest BCUT2D eigenvalue weighted by molar-refractivity contribution is -0.133. The number of rotatable bonds is 5. The second kappa shape index (κ2) is 7.88. The normalized spacial score (nSPS) is 17.8. The van der Waals surface area contributed by atoms with Gasteiger partial charge in [-0.25, -0.2) is 0 Å². The highest BCUT2D eigenvalue weighted by Crippen LogP contribution is 2.39. The number of nitrogens with zero attached hydrogens (tertiary/aromatic N) is 1. The SMILES string of the molecule is O=C(CCC(=O)N1CCc2sccc2C1c1cccs1)c1ccc2c(c1)CCC2. The van der Waals surface area contributed by atoms with Crippen molar-refractivity contribution >= 4 is 34.4 Å². The number of fused-ring (bicyclic) bond motifs is 2. The number of Topliss-reactive ketones (excluding diaryl/α,β-unsaturated/α-hetero) is 1. The second-order valence-corrected chi connectivity index (χ2v) is 9.79. The predicted molar refractivity (Wildman–Crippen MR) is 118 cm³/mol. The van der Waals surface area contributed by atoms with Gasteiger partial charge >= 0.3 is 0 Å². The summed E-state index contributed by atoms with van der Waals surface area (Å²) in [6.45, 7) is 0.724. The molecule has 1 aliphatic heterocycles. The lowest BCUT2D eigenvalue weighted by Gasteiger charge is -2.35. The fraction of sp³-hybridized carbons (Fsp3) is 0.333. The number of carbonyl (C=O) groups excluding carboxylic acids is 2. The van der Waals surface area contributed by atoms with Crippen molar-refractivity contribution in [2.45, 2.75) is 44.6 Å². The molecule has 1 atom stereocenters. The van der Waals surface area contributed by atoms with Gasteiger partial charge in [0.25, 0.3) is 0 Å². The Balaban J connectivity index is 1.30. The molecule has 5 heteroatoms. The summed E-state index contributed by atoms with van der Waals surface area (Å²) in [5.74, 6) is 0.156. The molecule has 0 spiro atoms. The van der Waals surface area contributed by atoms with Crippen molar-refractivity contribution in [2.24, 2.45) is 0 Å². The van der Waals surface area contributed by atoms with Crippen LogP contribution in [0.15, 0.2) is 47.2 Å². The summed E-state index contributed by atoms with van der Waals surface area (Å²) in [4.78, 5) is 30.4. The first kappa shape index (κ1) is 18.8. The molecule has 0 saturated carbocycles. The number of thiophene rings is 2. The van der Waals surface area contributed by atoms with Crippen LogP contribution in [0, 0.1) is 0 Å². The monoisotopic (exact) mass is 421 g/mol. The largest absolute Gasteiger partial charge is 0.330 e. The standard InChI is InChI=1S/C24H23NO2S2/c26-20(18-7-6-16-3-1-4-17(16)15-18)8-9-23(27)25-12-10-21-19(11-14-29-21)24(25)22-5-2-13-28-22/h2,5-7,11,13-15,24H,1,3-4,8-10,12H2. The number of benzene rings is 1. The number of ketones is 1. The predicted octanol–water partition coefficient (Wildman–Crippen LogP) is 5.44. The van der Waals surface area contributed by atoms with E-state index in [1.165, 1.54) is 32.9 Å². The smallest absolute Gasteiger partial charge is 0.223 e. The molecule has 3 heterocycles. The highest BCUT2D eigenvalue weighted by atomic mass is 32.1. The van der Waals surface area contributed by atoms with E-state index in [4.69, 9.17) is 0 Å². The first-order valence-corrected chi connectivity index (χ1v) is 12.0. The van der Waals surface area contributed by atoms with E-state index in [2.05, 4.69) is 29.0 Å². The molecule has 1 amide bonds. The molecule has 3 aromatic rings. The summed E-state index contributed by atoms with van der Waals surface area (Å²) in [7, 11) is 0. The molecular weight excluding hydrogens is 398 g/mol. The number of hydrogen-bond donors (Lipinski definition) is 0. The molecule has 3 nitrogen and oxygen atoms in total. The molecule has 1 aliphatic carbocycles. The van der Waals surface area contributed by atoms with Crippen molar-refractivity contribution in [1.82, 2.24) is 4.90 Å². The van der Waals surface area contributed by atoms with Crippen molar-refractivity contribution in [1.29, 1.82) is 0 Å². The third-order valence-electron chi connectivity index (χ3n) is 6.09. The summed E-state index contributed by atoms with van der Waals surface area (Å²) in [6, 6.07) is 12.4. The molecule has 2 aliphatic rings. The van der Waals surface area contributed by atoms with E-state index in [0.717, 1.165) is 31.4 Å². The molecular formula is C24H23NO2S2. The Morgan fingerprint density at radius 3 is 2.72 bits per heavy atom. The maximum Gasteiger partial charge on any atom is 0.223 e. The first-order chi connectivity index (χ1) is 14.2. The van der Waals surface area contributed by atoms with Crippen LogP contribution in [0.25, 0.3) is 0 Å². The summed E-state index contributed by atoms with van der Waals surface area (Å²) in [5, 5.41) is 4.19. The van der Waals surface area contributed by atoms with Crippen LogP contribution in [0.3, 0.4) is 0 Å². The highest BCUT2D eigenvalue weighted by Gasteiger charge is 2.33. The number of amides is 1. The van der Waals surface area contributed by atoms with Gasteiger partial charge < -0.3 is 4.90 Å². The average molecular weight is 422 g/mol. The molecule has 5 rings (SSSR count). The second-order valence-electron chi connectivity index (χ2n) is 7.81. The van der Waals surface area contributed by atoms with Gasteiger partial charge in [0.2, 0.25) is 5.91 Å². The lowest BCUT2D eigenvalue weighted by atomic mass is 9.97. The Morgan fingerprint density at radius 2 is 1.86 bits per heavy atom. The van der Waals surface area contributed by atoms with E-state index in [-0.39, 0.29) is 30.6 Å². The summed E-state index contributed by atoms with van der Waals surface area (Å²) < 4.78 is 0. The van der Waals surface area contributed by atoms with Crippen LogP contribution in [-0.4, -0.2) is 23.1 Å². The highest BCUT2D eigenvalue weighted by molar-refractivity contribution is 7.10. The van der Waals surface area contributed by atoms with E-state index in [1.807, 2.05) is 23.1 Å². The van der Waals surface area contributed by atoms with Crippen molar-refractivity contribution in [3.63, 3.8) is 0 Å². The molecule has 0 bridgehead atoms. The third kappa shape index (κ3) is 3.58. The van der Waals surface area contributed by atoms with Crippen molar-refractivity contribution in [2.75, 3.05) is 6.54 Å². The zero-order valence-corrected chi connectivity index (χ0v) is 17.9. The molecule has 0 saturated heterocycles. The van der Waals surface area contributed by atoms with E-state index >= 15 is 0 Å². The van der Waals surface area contributed by atoms with Gasteiger partial charge in [-0.2, -0.15) is 0 Å². The van der Waals surface area contributed by atoms with E-state index in [9.17, 15) is 9.59 Å². The number of carbonyl (C=O) groups is 2. The number of aryl methyl sites for hydroxylation is 2. The van der Waals surface area contributed by atoms with Crippen LogP contribution in [0.4, 0.5) is 0 Å². The minimum absolute atomic E-state index is 0.00686. The Bertz CT molecular complexity index is 1050. The molecule has 0 radical (unpaired) electrons. The molecule has 29 heavy (non-hydrogen) atoms. The van der Waals surface area contributed by atoms with Gasteiger partial charge in [0.1, 0.15) is 0 Å². The average Bonchev–Trinajstić information content (AvgIpc) is 3.51. The molecule has 1 aromatic carbocycles. The Morgan fingerprint density at radius 1 is 0.966 bits per heavy atom. The molecule has 1 unspecified atom stereocenters. The van der Waals surface area contributed by atoms with E-state index in [0.29, 0.717) is 0 Å².